The molecule has 2 rings (SSSR count). The molecule has 1 aromatic carbocycles. The highest BCUT2D eigenvalue weighted by Gasteiger charge is 2.23. The summed E-state index contributed by atoms with van der Waals surface area (Å²) in [5.41, 5.74) is 3.39. The molecule has 0 bridgehead atoms. The number of rotatable bonds is 2. The summed E-state index contributed by atoms with van der Waals surface area (Å²) in [6, 6.07) is 5.19. The smallest absolute Gasteiger partial charge is 0.265 e. The van der Waals surface area contributed by atoms with Crippen molar-refractivity contribution in [3.05, 3.63) is 23.8 Å². The van der Waals surface area contributed by atoms with Crippen LogP contribution in [0.3, 0.4) is 0 Å². The number of anilines is 1. The minimum Gasteiger partial charge on any atom is -0.479 e. The van der Waals surface area contributed by atoms with E-state index in [4.69, 9.17) is 10.6 Å². The molecule has 0 saturated carbocycles. The summed E-state index contributed by atoms with van der Waals surface area (Å²) in [7, 11) is 0. The van der Waals surface area contributed by atoms with Crippen molar-refractivity contribution in [2.24, 2.45) is 5.84 Å². The van der Waals surface area contributed by atoms with Crippen molar-refractivity contribution >= 4 is 17.5 Å². The average molecular weight is 235 g/mol. The van der Waals surface area contributed by atoms with Crippen LogP contribution < -0.4 is 21.3 Å². The van der Waals surface area contributed by atoms with Crippen molar-refractivity contribution in [3.8, 4) is 5.75 Å². The number of benzene rings is 1. The number of carbonyl (C=O) groups is 2. The second kappa shape index (κ2) is 4.42. The van der Waals surface area contributed by atoms with Gasteiger partial charge in [-0.05, 0) is 24.6 Å². The lowest BCUT2D eigenvalue weighted by atomic mass is 10.1. The van der Waals surface area contributed by atoms with Gasteiger partial charge in [0.25, 0.3) is 5.91 Å². The van der Waals surface area contributed by atoms with Crippen molar-refractivity contribution in [2.75, 3.05) is 5.32 Å². The number of nitrogens with two attached hydrogens (primary N) is 1. The highest BCUT2D eigenvalue weighted by atomic mass is 16.5. The quantitative estimate of drug-likeness (QED) is 0.380. The van der Waals surface area contributed by atoms with Crippen LogP contribution in [0.1, 0.15) is 12.5 Å². The third-order valence-electron chi connectivity index (χ3n) is 2.50. The van der Waals surface area contributed by atoms with E-state index in [2.05, 4.69) is 10.7 Å². The van der Waals surface area contributed by atoms with Crippen LogP contribution in [0.4, 0.5) is 5.69 Å². The Hall–Kier alpha value is -2.08. The lowest BCUT2D eigenvalue weighted by Gasteiger charge is -2.23. The Balaban J connectivity index is 2.22. The first-order valence-electron chi connectivity index (χ1n) is 5.20. The maximum Gasteiger partial charge on any atom is 0.265 e. The first kappa shape index (κ1) is 11.4. The predicted molar refractivity (Wildman–Crippen MR) is 61.2 cm³/mol. The summed E-state index contributed by atoms with van der Waals surface area (Å²) in [6.07, 6.45) is -0.337. The Kier molecular flexibility index (Phi) is 2.97. The number of hydrogen-bond donors (Lipinski definition) is 3. The summed E-state index contributed by atoms with van der Waals surface area (Å²) in [5, 5.41) is 2.71. The number of hydrazine groups is 1. The molecule has 6 heteroatoms. The van der Waals surface area contributed by atoms with Crippen molar-refractivity contribution in [1.29, 1.82) is 0 Å². The van der Waals surface area contributed by atoms with E-state index in [0.29, 0.717) is 11.4 Å². The summed E-state index contributed by atoms with van der Waals surface area (Å²) in [5.74, 6) is 5.12. The predicted octanol–water partition coefficient (Wildman–Crippen LogP) is -0.0616. The number of carbonyl (C=O) groups excluding carboxylic acids is 2. The number of fused-ring (bicyclic) bond motifs is 1. The standard InChI is InChI=1S/C11H13N3O3/c1-6-11(16)13-8-4-7(5-10(15)14-12)2-3-9(8)17-6/h2-4,6H,5,12H2,1H3,(H,13,16)(H,14,15). The van der Waals surface area contributed by atoms with E-state index in [0.717, 1.165) is 5.56 Å². The Morgan fingerprint density at radius 3 is 3.06 bits per heavy atom. The molecule has 0 radical (unpaired) electrons. The highest BCUT2D eigenvalue weighted by Crippen LogP contribution is 2.30. The van der Waals surface area contributed by atoms with Crippen molar-refractivity contribution < 1.29 is 14.3 Å². The molecule has 0 spiro atoms. The monoisotopic (exact) mass is 235 g/mol. The summed E-state index contributed by atoms with van der Waals surface area (Å²) in [4.78, 5) is 22.5. The highest BCUT2D eigenvalue weighted by molar-refractivity contribution is 5.97. The van der Waals surface area contributed by atoms with Gasteiger partial charge in [0.05, 0.1) is 12.1 Å². The van der Waals surface area contributed by atoms with E-state index in [-0.39, 0.29) is 18.2 Å². The molecule has 6 nitrogen and oxygen atoms in total. The Labute approximate surface area is 98.1 Å². The fourth-order valence-electron chi connectivity index (χ4n) is 1.60. The van der Waals surface area contributed by atoms with Gasteiger partial charge in [-0.25, -0.2) is 5.84 Å². The molecule has 1 aliphatic heterocycles. The SMILES string of the molecule is CC1Oc2ccc(CC(=O)NN)cc2NC1=O. The molecule has 1 heterocycles. The lowest BCUT2D eigenvalue weighted by Crippen LogP contribution is -2.34. The van der Waals surface area contributed by atoms with Crippen LogP contribution in [-0.2, 0) is 16.0 Å². The zero-order valence-electron chi connectivity index (χ0n) is 9.32. The average Bonchev–Trinajstić information content (AvgIpc) is 2.31. The second-order valence-electron chi connectivity index (χ2n) is 3.82. The van der Waals surface area contributed by atoms with Crippen molar-refractivity contribution in [3.63, 3.8) is 0 Å². The first-order valence-corrected chi connectivity index (χ1v) is 5.20. The third kappa shape index (κ3) is 2.36. The van der Waals surface area contributed by atoms with E-state index in [9.17, 15) is 9.59 Å². The topological polar surface area (TPSA) is 93.4 Å². The van der Waals surface area contributed by atoms with Gasteiger partial charge >= 0.3 is 0 Å². The van der Waals surface area contributed by atoms with Gasteiger partial charge in [0.1, 0.15) is 5.75 Å². The van der Waals surface area contributed by atoms with Crippen LogP contribution >= 0.6 is 0 Å². The number of amides is 2. The Morgan fingerprint density at radius 1 is 1.59 bits per heavy atom. The largest absolute Gasteiger partial charge is 0.479 e. The van der Waals surface area contributed by atoms with Gasteiger partial charge in [-0.3, -0.25) is 15.0 Å². The van der Waals surface area contributed by atoms with Crippen LogP contribution in [0.5, 0.6) is 5.75 Å². The fraction of sp³-hybridized carbons (Fsp3) is 0.273. The zero-order valence-corrected chi connectivity index (χ0v) is 9.32. The van der Waals surface area contributed by atoms with Crippen molar-refractivity contribution in [1.82, 2.24) is 5.43 Å². The molecule has 1 unspecified atom stereocenters. The summed E-state index contributed by atoms with van der Waals surface area (Å²) < 4.78 is 5.39. The number of hydrogen-bond acceptors (Lipinski definition) is 4. The van der Waals surface area contributed by atoms with E-state index in [1.807, 2.05) is 0 Å². The first-order chi connectivity index (χ1) is 8.10. The Bertz CT molecular complexity index is 473. The summed E-state index contributed by atoms with van der Waals surface area (Å²) >= 11 is 0. The molecule has 1 atom stereocenters. The van der Waals surface area contributed by atoms with Gasteiger partial charge in [0, 0.05) is 0 Å². The minimum atomic E-state index is -0.499. The molecule has 2 amide bonds. The van der Waals surface area contributed by atoms with Gasteiger partial charge in [0.15, 0.2) is 6.10 Å². The molecule has 0 aliphatic carbocycles. The van der Waals surface area contributed by atoms with Crippen LogP contribution in [0, 0.1) is 0 Å². The van der Waals surface area contributed by atoms with Gasteiger partial charge in [-0.2, -0.15) is 0 Å². The maximum atomic E-state index is 11.4. The summed E-state index contributed by atoms with van der Waals surface area (Å²) in [6.45, 7) is 1.67. The van der Waals surface area contributed by atoms with Crippen LogP contribution in [0.2, 0.25) is 0 Å². The third-order valence-corrected chi connectivity index (χ3v) is 2.50. The van der Waals surface area contributed by atoms with Gasteiger partial charge in [-0.1, -0.05) is 6.07 Å². The molecule has 0 fully saturated rings. The van der Waals surface area contributed by atoms with Crippen LogP contribution in [0.25, 0.3) is 0 Å². The fourth-order valence-corrected chi connectivity index (χ4v) is 1.60. The molecular weight excluding hydrogens is 222 g/mol. The van der Waals surface area contributed by atoms with Crippen molar-refractivity contribution in [2.45, 2.75) is 19.4 Å². The zero-order chi connectivity index (χ0) is 12.4. The number of ether oxygens (including phenoxy) is 1. The second-order valence-corrected chi connectivity index (χ2v) is 3.82. The van der Waals surface area contributed by atoms with E-state index in [1.54, 1.807) is 25.1 Å². The number of nitrogens with one attached hydrogen (secondary N) is 2. The Morgan fingerprint density at radius 2 is 2.35 bits per heavy atom. The molecule has 1 aliphatic rings. The molecule has 0 aromatic heterocycles. The molecule has 4 N–H and O–H groups in total. The molecular formula is C11H13N3O3. The minimum absolute atomic E-state index is 0.162. The normalized spacial score (nSPS) is 17.8. The van der Waals surface area contributed by atoms with E-state index >= 15 is 0 Å². The van der Waals surface area contributed by atoms with Gasteiger partial charge < -0.3 is 10.1 Å². The van der Waals surface area contributed by atoms with E-state index < -0.39 is 6.10 Å². The maximum absolute atomic E-state index is 11.4. The van der Waals surface area contributed by atoms with Gasteiger partial charge in [0.2, 0.25) is 5.91 Å². The molecule has 1 aromatic rings. The van der Waals surface area contributed by atoms with E-state index in [1.165, 1.54) is 0 Å². The van der Waals surface area contributed by atoms with Crippen LogP contribution in [-0.4, -0.2) is 17.9 Å². The van der Waals surface area contributed by atoms with Gasteiger partial charge in [-0.15, -0.1) is 0 Å². The molecule has 0 saturated heterocycles. The lowest BCUT2D eigenvalue weighted by molar-refractivity contribution is -0.122. The molecule has 90 valence electrons. The molecule has 17 heavy (non-hydrogen) atoms. The van der Waals surface area contributed by atoms with Crippen LogP contribution in [0.15, 0.2) is 18.2 Å².